The van der Waals surface area contributed by atoms with Crippen LogP contribution in [0.4, 0.5) is 0 Å². The average Bonchev–Trinajstić information content (AvgIpc) is 3.02. The Morgan fingerprint density at radius 1 is 1.33 bits per heavy atom. The Morgan fingerprint density at radius 3 is 2.67 bits per heavy atom. The van der Waals surface area contributed by atoms with E-state index in [1.807, 2.05) is 6.07 Å². The van der Waals surface area contributed by atoms with Gasteiger partial charge in [0, 0.05) is 39.3 Å². The molecule has 0 unspecified atom stereocenters. The third kappa shape index (κ3) is 4.65. The molecule has 1 aromatic rings. The fourth-order valence-corrected chi connectivity index (χ4v) is 4.76. The smallest absolute Gasteiger partial charge is 0.240 e. The van der Waals surface area contributed by atoms with Crippen LogP contribution in [-0.4, -0.2) is 76.1 Å². The molecule has 8 nitrogen and oxygen atoms in total. The summed E-state index contributed by atoms with van der Waals surface area (Å²) in [6, 6.07) is 7.79. The van der Waals surface area contributed by atoms with E-state index in [9.17, 15) is 13.2 Å². The highest BCUT2D eigenvalue weighted by Crippen LogP contribution is 2.25. The van der Waals surface area contributed by atoms with Crippen LogP contribution >= 0.6 is 0 Å². The van der Waals surface area contributed by atoms with Crippen LogP contribution in [0.1, 0.15) is 18.4 Å². The van der Waals surface area contributed by atoms with E-state index in [1.54, 1.807) is 19.0 Å². The van der Waals surface area contributed by atoms with Crippen LogP contribution in [0.25, 0.3) is 0 Å². The molecule has 0 aromatic heterocycles. The van der Waals surface area contributed by atoms with Crippen LogP contribution in [-0.2, 0) is 19.6 Å². The third-order valence-corrected chi connectivity index (χ3v) is 6.54. The summed E-state index contributed by atoms with van der Waals surface area (Å²) in [6.07, 6.45) is 0.840. The Hall–Kier alpha value is -1.99. The molecular formula is C18H24N4O4S. The lowest BCUT2D eigenvalue weighted by Crippen LogP contribution is -2.47. The summed E-state index contributed by atoms with van der Waals surface area (Å²) in [5.74, 6) is 0.0238. The summed E-state index contributed by atoms with van der Waals surface area (Å²) >= 11 is 0. The molecule has 0 saturated carbocycles. The average molecular weight is 392 g/mol. The quantitative estimate of drug-likeness (QED) is 0.766. The molecule has 1 N–H and O–H groups in total. The third-order valence-electron chi connectivity index (χ3n) is 5.01. The van der Waals surface area contributed by atoms with Gasteiger partial charge in [0.05, 0.1) is 35.7 Å². The van der Waals surface area contributed by atoms with Crippen molar-refractivity contribution in [2.75, 3.05) is 33.8 Å². The number of hydrogen-bond acceptors (Lipinski definition) is 6. The molecule has 0 spiro atoms. The largest absolute Gasteiger partial charge is 0.375 e. The minimum Gasteiger partial charge on any atom is -0.375 e. The van der Waals surface area contributed by atoms with Crippen molar-refractivity contribution in [2.24, 2.45) is 0 Å². The van der Waals surface area contributed by atoms with Crippen molar-refractivity contribution in [3.05, 3.63) is 29.8 Å². The Balaban J connectivity index is 1.59. The maximum Gasteiger partial charge on any atom is 0.240 e. The molecule has 3 rings (SSSR count). The summed E-state index contributed by atoms with van der Waals surface area (Å²) in [7, 11) is -0.203. The van der Waals surface area contributed by atoms with Crippen LogP contribution in [0, 0.1) is 11.3 Å². The van der Waals surface area contributed by atoms with Crippen molar-refractivity contribution in [3.63, 3.8) is 0 Å². The number of nitriles is 1. The van der Waals surface area contributed by atoms with Crippen molar-refractivity contribution in [3.8, 4) is 6.07 Å². The summed E-state index contributed by atoms with van der Waals surface area (Å²) in [5, 5.41) is 8.83. The van der Waals surface area contributed by atoms with Crippen molar-refractivity contribution < 1.29 is 17.9 Å². The number of nitrogens with one attached hydrogen (secondary N) is 1. The van der Waals surface area contributed by atoms with Crippen molar-refractivity contribution in [1.82, 2.24) is 14.5 Å². The number of carbonyl (C=O) groups is 1. The number of amides is 1. The number of sulfonamides is 1. The number of hydrogen-bond donors (Lipinski definition) is 1. The number of benzene rings is 1. The summed E-state index contributed by atoms with van der Waals surface area (Å²) in [4.78, 5) is 15.8. The van der Waals surface area contributed by atoms with Gasteiger partial charge in [0.25, 0.3) is 0 Å². The monoisotopic (exact) mass is 392 g/mol. The zero-order chi connectivity index (χ0) is 19.6. The van der Waals surface area contributed by atoms with Gasteiger partial charge >= 0.3 is 0 Å². The molecule has 146 valence electrons. The molecule has 1 amide bonds. The normalized spacial score (nSPS) is 25.6. The highest BCUT2D eigenvalue weighted by molar-refractivity contribution is 7.89. The zero-order valence-corrected chi connectivity index (χ0v) is 16.3. The molecule has 2 aliphatic heterocycles. The molecule has 0 aliphatic carbocycles. The van der Waals surface area contributed by atoms with E-state index in [-0.39, 0.29) is 29.0 Å². The summed E-state index contributed by atoms with van der Waals surface area (Å²) in [6.45, 7) is 1.72. The predicted molar refractivity (Wildman–Crippen MR) is 98.3 cm³/mol. The maximum absolute atomic E-state index is 12.6. The number of ether oxygens (including phenoxy) is 1. The second-order valence-electron chi connectivity index (χ2n) is 7.25. The topological polar surface area (TPSA) is 103 Å². The van der Waals surface area contributed by atoms with Gasteiger partial charge in [-0.1, -0.05) is 0 Å². The van der Waals surface area contributed by atoms with Crippen molar-refractivity contribution in [2.45, 2.75) is 35.9 Å². The Morgan fingerprint density at radius 2 is 2.04 bits per heavy atom. The van der Waals surface area contributed by atoms with E-state index in [0.29, 0.717) is 38.1 Å². The van der Waals surface area contributed by atoms with Crippen molar-refractivity contribution >= 4 is 15.9 Å². The van der Waals surface area contributed by atoms with E-state index in [1.165, 1.54) is 24.3 Å². The fourth-order valence-electron chi connectivity index (χ4n) is 3.52. The molecule has 0 bridgehead atoms. The molecular weight excluding hydrogens is 368 g/mol. The first-order chi connectivity index (χ1) is 12.8. The summed E-state index contributed by atoms with van der Waals surface area (Å²) < 4.78 is 33.7. The van der Waals surface area contributed by atoms with Gasteiger partial charge in [-0.2, -0.15) is 5.26 Å². The minimum absolute atomic E-state index is 0.0238. The second kappa shape index (κ2) is 7.94. The van der Waals surface area contributed by atoms with Gasteiger partial charge in [0.2, 0.25) is 15.9 Å². The van der Waals surface area contributed by atoms with Crippen LogP contribution in [0.5, 0.6) is 0 Å². The van der Waals surface area contributed by atoms with E-state index >= 15 is 0 Å². The van der Waals surface area contributed by atoms with Gasteiger partial charge in [-0.25, -0.2) is 13.1 Å². The zero-order valence-electron chi connectivity index (χ0n) is 15.5. The van der Waals surface area contributed by atoms with E-state index in [2.05, 4.69) is 9.62 Å². The first kappa shape index (κ1) is 19.8. The first-order valence-corrected chi connectivity index (χ1v) is 10.3. The van der Waals surface area contributed by atoms with Crippen LogP contribution < -0.4 is 4.72 Å². The SMILES string of the molecule is CN(C)C(=O)C[C@H]1CN2C[C@@H](NS(=O)(=O)c3ccc(C#N)cc3)C[C@H]2CO1. The van der Waals surface area contributed by atoms with Gasteiger partial charge in [0.1, 0.15) is 0 Å². The molecule has 3 atom stereocenters. The summed E-state index contributed by atoms with van der Waals surface area (Å²) in [5.41, 5.74) is 0.419. The highest BCUT2D eigenvalue weighted by atomic mass is 32.2. The molecule has 2 aliphatic rings. The van der Waals surface area contributed by atoms with Crippen molar-refractivity contribution in [1.29, 1.82) is 5.26 Å². The van der Waals surface area contributed by atoms with Crippen LogP contribution in [0.3, 0.4) is 0 Å². The standard InChI is InChI=1S/C18H24N4O4S/c1-21(2)18(23)8-16-11-22-10-14(7-15(22)12-26-16)20-27(24,25)17-5-3-13(9-19)4-6-17/h3-6,14-16,20H,7-8,10-12H2,1-2H3/t14-,15-,16-/m0/s1. The lowest BCUT2D eigenvalue weighted by Gasteiger charge is -2.35. The number of morpholine rings is 1. The second-order valence-corrected chi connectivity index (χ2v) is 8.96. The molecule has 27 heavy (non-hydrogen) atoms. The fraction of sp³-hybridized carbons (Fsp3) is 0.556. The van der Waals surface area contributed by atoms with Gasteiger partial charge in [-0.05, 0) is 30.7 Å². The van der Waals surface area contributed by atoms with E-state index in [0.717, 1.165) is 0 Å². The first-order valence-electron chi connectivity index (χ1n) is 8.87. The molecule has 0 radical (unpaired) electrons. The number of nitrogens with zero attached hydrogens (tertiary/aromatic N) is 3. The van der Waals surface area contributed by atoms with E-state index < -0.39 is 10.0 Å². The van der Waals surface area contributed by atoms with Gasteiger partial charge in [-0.15, -0.1) is 0 Å². The van der Waals surface area contributed by atoms with Crippen LogP contribution in [0.15, 0.2) is 29.2 Å². The molecule has 1 aromatic carbocycles. The molecule has 2 fully saturated rings. The molecule has 9 heteroatoms. The Labute approximate surface area is 159 Å². The lowest BCUT2D eigenvalue weighted by molar-refractivity contribution is -0.134. The minimum atomic E-state index is -3.64. The number of rotatable bonds is 5. The Kier molecular flexibility index (Phi) is 5.81. The van der Waals surface area contributed by atoms with Gasteiger partial charge in [0.15, 0.2) is 0 Å². The number of carbonyl (C=O) groups excluding carboxylic acids is 1. The molecule has 2 heterocycles. The lowest BCUT2D eigenvalue weighted by atomic mass is 10.1. The molecule has 2 saturated heterocycles. The van der Waals surface area contributed by atoms with Gasteiger partial charge in [-0.3, -0.25) is 9.69 Å². The number of fused-ring (bicyclic) bond motifs is 1. The maximum atomic E-state index is 12.6. The van der Waals surface area contributed by atoms with Gasteiger partial charge < -0.3 is 9.64 Å². The van der Waals surface area contributed by atoms with Crippen LogP contribution in [0.2, 0.25) is 0 Å². The Bertz CT molecular complexity index is 832. The van der Waals surface area contributed by atoms with E-state index in [4.69, 9.17) is 10.00 Å². The predicted octanol–water partition coefficient (Wildman–Crippen LogP) is 0.157. The highest BCUT2D eigenvalue weighted by Gasteiger charge is 2.39.